The minimum Gasteiger partial charge on any atom is -0.484 e. The molecule has 122 valence electrons. The van der Waals surface area contributed by atoms with E-state index in [0.717, 1.165) is 20.5 Å². The minimum absolute atomic E-state index is 0.0384. The molecule has 0 radical (unpaired) electrons. The molecule has 2 aromatic carbocycles. The highest BCUT2D eigenvalue weighted by molar-refractivity contribution is 7.20. The molecule has 24 heavy (non-hydrogen) atoms. The summed E-state index contributed by atoms with van der Waals surface area (Å²) in [6.45, 7) is 0.443. The number of nitrogen functional groups attached to an aromatic ring is 1. The predicted molar refractivity (Wildman–Crippen MR) is 96.6 cm³/mol. The normalized spacial score (nSPS) is 10.5. The zero-order valence-electron chi connectivity index (χ0n) is 12.9. The zero-order chi connectivity index (χ0) is 16.9. The Hall–Kier alpha value is -2.86. The smallest absolute Gasteiger partial charge is 0.258 e. The molecule has 1 aromatic heterocycles. The number of hydrogen-bond acceptors (Lipinski definition) is 4. The molecule has 4 N–H and O–H groups in total. The van der Waals surface area contributed by atoms with Gasteiger partial charge in [0.25, 0.3) is 5.91 Å². The first-order valence-electron chi connectivity index (χ1n) is 7.43. The first-order chi connectivity index (χ1) is 11.6. The van der Waals surface area contributed by atoms with Crippen LogP contribution in [0, 0.1) is 5.41 Å². The van der Waals surface area contributed by atoms with Gasteiger partial charge in [0.15, 0.2) is 6.61 Å². The summed E-state index contributed by atoms with van der Waals surface area (Å²) in [5.41, 5.74) is 6.55. The van der Waals surface area contributed by atoms with Gasteiger partial charge >= 0.3 is 0 Å². The number of thiophene rings is 1. The molecular formula is C18H17N3O2S. The van der Waals surface area contributed by atoms with Crippen molar-refractivity contribution in [1.82, 2.24) is 5.32 Å². The molecule has 0 atom stereocenters. The molecule has 6 heteroatoms. The maximum absolute atomic E-state index is 11.9. The quantitative estimate of drug-likeness (QED) is 0.476. The highest BCUT2D eigenvalue weighted by Gasteiger charge is 2.07. The van der Waals surface area contributed by atoms with Gasteiger partial charge in [0.2, 0.25) is 0 Å². The van der Waals surface area contributed by atoms with Crippen LogP contribution in [0.1, 0.15) is 10.4 Å². The van der Waals surface area contributed by atoms with Gasteiger partial charge in [-0.25, -0.2) is 0 Å². The van der Waals surface area contributed by atoms with E-state index < -0.39 is 0 Å². The largest absolute Gasteiger partial charge is 0.484 e. The van der Waals surface area contributed by atoms with E-state index >= 15 is 0 Å². The number of fused-ring (bicyclic) bond motifs is 1. The molecule has 3 aromatic rings. The number of carbonyl (C=O) groups is 1. The van der Waals surface area contributed by atoms with Crippen LogP contribution in [-0.2, 0) is 11.3 Å². The van der Waals surface area contributed by atoms with Gasteiger partial charge in [-0.3, -0.25) is 10.2 Å². The van der Waals surface area contributed by atoms with Crippen molar-refractivity contribution in [2.75, 3.05) is 6.61 Å². The molecule has 1 heterocycles. The number of hydrogen-bond donors (Lipinski definition) is 3. The summed E-state index contributed by atoms with van der Waals surface area (Å²) in [5, 5.41) is 11.3. The molecular weight excluding hydrogens is 322 g/mol. The van der Waals surface area contributed by atoms with Crippen molar-refractivity contribution in [3.63, 3.8) is 0 Å². The lowest BCUT2D eigenvalue weighted by Gasteiger charge is -2.07. The lowest BCUT2D eigenvalue weighted by atomic mass is 10.2. The first kappa shape index (κ1) is 16.0. The fraction of sp³-hybridized carbons (Fsp3) is 0.111. The summed E-state index contributed by atoms with van der Waals surface area (Å²) in [4.78, 5) is 12.6. The standard InChI is InChI=1S/C18H17N3O2S/c19-18(20)16-8-13-6-7-14(9-15(13)24-16)23-11-17(22)21-10-12-4-2-1-3-5-12/h1-9H,10-11H2,(H3,19,20)(H,21,22). The number of ether oxygens (including phenoxy) is 1. The van der Waals surface area contributed by atoms with Gasteiger partial charge in [0.1, 0.15) is 11.6 Å². The number of benzene rings is 2. The Morgan fingerprint density at radius 1 is 1.17 bits per heavy atom. The molecule has 0 spiro atoms. The molecule has 0 saturated heterocycles. The Balaban J connectivity index is 1.56. The van der Waals surface area contributed by atoms with Crippen LogP contribution in [0.25, 0.3) is 10.1 Å². The van der Waals surface area contributed by atoms with Crippen LogP contribution in [0.4, 0.5) is 0 Å². The van der Waals surface area contributed by atoms with E-state index in [1.807, 2.05) is 54.6 Å². The average molecular weight is 339 g/mol. The van der Waals surface area contributed by atoms with Crippen LogP contribution in [0.5, 0.6) is 5.75 Å². The van der Waals surface area contributed by atoms with Gasteiger partial charge in [-0.05, 0) is 35.2 Å². The van der Waals surface area contributed by atoms with Crippen LogP contribution in [0.2, 0.25) is 0 Å². The van der Waals surface area contributed by atoms with Gasteiger partial charge in [-0.15, -0.1) is 11.3 Å². The summed E-state index contributed by atoms with van der Waals surface area (Å²) in [5.74, 6) is 0.503. The fourth-order valence-electron chi connectivity index (χ4n) is 2.23. The molecule has 0 fully saturated rings. The molecule has 0 aliphatic carbocycles. The van der Waals surface area contributed by atoms with Crippen molar-refractivity contribution in [3.8, 4) is 5.75 Å². The third-order valence-corrected chi connectivity index (χ3v) is 4.59. The Bertz CT molecular complexity index is 874. The summed E-state index contributed by atoms with van der Waals surface area (Å²) >= 11 is 1.43. The third kappa shape index (κ3) is 3.91. The topological polar surface area (TPSA) is 88.2 Å². The summed E-state index contributed by atoms with van der Waals surface area (Å²) in [6.07, 6.45) is 0. The van der Waals surface area contributed by atoms with E-state index in [1.165, 1.54) is 11.3 Å². The average Bonchev–Trinajstić information content (AvgIpc) is 3.02. The fourth-order valence-corrected chi connectivity index (χ4v) is 3.18. The van der Waals surface area contributed by atoms with Gasteiger partial charge in [-0.1, -0.05) is 30.3 Å². The highest BCUT2D eigenvalue weighted by Crippen LogP contribution is 2.28. The lowest BCUT2D eigenvalue weighted by molar-refractivity contribution is -0.123. The summed E-state index contributed by atoms with van der Waals surface area (Å²) in [6, 6.07) is 17.2. The van der Waals surface area contributed by atoms with Crippen molar-refractivity contribution < 1.29 is 9.53 Å². The van der Waals surface area contributed by atoms with Crippen LogP contribution < -0.4 is 15.8 Å². The van der Waals surface area contributed by atoms with Crippen molar-refractivity contribution >= 4 is 33.2 Å². The van der Waals surface area contributed by atoms with Crippen LogP contribution in [0.3, 0.4) is 0 Å². The second-order valence-electron chi connectivity index (χ2n) is 5.27. The van der Waals surface area contributed by atoms with E-state index in [1.54, 1.807) is 0 Å². The number of amidine groups is 1. The second kappa shape index (κ2) is 7.14. The van der Waals surface area contributed by atoms with Crippen molar-refractivity contribution in [3.05, 3.63) is 65.0 Å². The Kier molecular flexibility index (Phi) is 4.77. The molecule has 5 nitrogen and oxygen atoms in total. The molecule has 1 amide bonds. The maximum atomic E-state index is 11.9. The Labute approximate surface area is 143 Å². The summed E-state index contributed by atoms with van der Waals surface area (Å²) < 4.78 is 6.52. The number of rotatable bonds is 6. The van der Waals surface area contributed by atoms with Gasteiger partial charge in [-0.2, -0.15) is 0 Å². The summed E-state index contributed by atoms with van der Waals surface area (Å²) in [7, 11) is 0. The molecule has 0 aliphatic heterocycles. The predicted octanol–water partition coefficient (Wildman–Crippen LogP) is 2.88. The van der Waals surface area contributed by atoms with Crippen LogP contribution >= 0.6 is 11.3 Å². The van der Waals surface area contributed by atoms with Crippen molar-refractivity contribution in [2.45, 2.75) is 6.54 Å². The van der Waals surface area contributed by atoms with Crippen molar-refractivity contribution in [1.29, 1.82) is 5.41 Å². The first-order valence-corrected chi connectivity index (χ1v) is 8.25. The third-order valence-electron chi connectivity index (χ3n) is 3.46. The monoisotopic (exact) mass is 339 g/mol. The lowest BCUT2D eigenvalue weighted by Crippen LogP contribution is -2.28. The maximum Gasteiger partial charge on any atom is 0.258 e. The van der Waals surface area contributed by atoms with E-state index in [2.05, 4.69) is 5.32 Å². The van der Waals surface area contributed by atoms with E-state index in [4.69, 9.17) is 15.9 Å². The Morgan fingerprint density at radius 2 is 1.96 bits per heavy atom. The molecule has 0 aliphatic rings. The second-order valence-corrected chi connectivity index (χ2v) is 6.36. The number of amides is 1. The van der Waals surface area contributed by atoms with Gasteiger partial charge in [0.05, 0.1) is 4.88 Å². The van der Waals surface area contributed by atoms with Crippen molar-refractivity contribution in [2.24, 2.45) is 5.73 Å². The van der Waals surface area contributed by atoms with Crippen LogP contribution in [-0.4, -0.2) is 18.3 Å². The van der Waals surface area contributed by atoms with Crippen LogP contribution in [0.15, 0.2) is 54.6 Å². The molecule has 0 unspecified atom stereocenters. The molecule has 0 saturated carbocycles. The van der Waals surface area contributed by atoms with Gasteiger partial charge in [0, 0.05) is 11.2 Å². The SMILES string of the molecule is N=C(N)c1cc2ccc(OCC(=O)NCc3ccccc3)cc2s1. The number of nitrogens with two attached hydrogens (primary N) is 1. The molecule has 3 rings (SSSR count). The van der Waals surface area contributed by atoms with E-state index in [-0.39, 0.29) is 18.3 Å². The minimum atomic E-state index is -0.172. The Morgan fingerprint density at radius 3 is 2.71 bits per heavy atom. The molecule has 0 bridgehead atoms. The highest BCUT2D eigenvalue weighted by atomic mass is 32.1. The number of carbonyl (C=O) groups excluding carboxylic acids is 1. The van der Waals surface area contributed by atoms with Gasteiger partial charge < -0.3 is 15.8 Å². The zero-order valence-corrected chi connectivity index (χ0v) is 13.7. The van der Waals surface area contributed by atoms with E-state index in [9.17, 15) is 4.79 Å². The number of nitrogens with one attached hydrogen (secondary N) is 2. The van der Waals surface area contributed by atoms with E-state index in [0.29, 0.717) is 12.3 Å².